The molecule has 1 aliphatic heterocycles. The molecule has 66 valence electrons. The van der Waals surface area contributed by atoms with E-state index < -0.39 is 30.2 Å². The summed E-state index contributed by atoms with van der Waals surface area (Å²) in [4.78, 5) is 0. The van der Waals surface area contributed by atoms with Crippen molar-refractivity contribution in [2.24, 2.45) is 0 Å². The van der Waals surface area contributed by atoms with Crippen LogP contribution in [-0.2, 0) is 4.74 Å². The van der Waals surface area contributed by atoms with Crippen LogP contribution in [-0.4, -0.2) is 40.4 Å². The van der Waals surface area contributed by atoms with E-state index in [0.717, 1.165) is 0 Å². The largest absolute Gasteiger partial charge is 0.394 e. The highest BCUT2D eigenvalue weighted by molar-refractivity contribution is 7.80. The third-order valence-corrected chi connectivity index (χ3v) is 2.03. The zero-order valence-electron chi connectivity index (χ0n) is 5.44. The minimum atomic E-state index is -3.38. The van der Waals surface area contributed by atoms with E-state index in [2.05, 4.69) is 17.4 Å². The first kappa shape index (κ1) is 9.18. The van der Waals surface area contributed by atoms with Crippen LogP contribution >= 0.6 is 12.6 Å². The Bertz CT molecular complexity index is 155. The van der Waals surface area contributed by atoms with E-state index in [1.807, 2.05) is 0 Å². The topological polar surface area (TPSA) is 49.7 Å². The molecule has 0 aliphatic carbocycles. The van der Waals surface area contributed by atoms with Crippen molar-refractivity contribution in [3.63, 3.8) is 0 Å². The molecule has 11 heavy (non-hydrogen) atoms. The van der Waals surface area contributed by atoms with Gasteiger partial charge in [-0.05, 0) is 0 Å². The first-order valence-electron chi connectivity index (χ1n) is 3.00. The van der Waals surface area contributed by atoms with E-state index in [0.29, 0.717) is 0 Å². The van der Waals surface area contributed by atoms with Crippen LogP contribution in [0.3, 0.4) is 0 Å². The summed E-state index contributed by atoms with van der Waals surface area (Å²) in [6, 6.07) is 0. The highest BCUT2D eigenvalue weighted by atomic mass is 32.1. The smallest absolute Gasteiger partial charge is 0.310 e. The van der Waals surface area contributed by atoms with Gasteiger partial charge in [0.15, 0.2) is 5.44 Å². The van der Waals surface area contributed by atoms with Gasteiger partial charge in [0, 0.05) is 0 Å². The number of rotatable bonds is 1. The maximum Gasteiger partial charge on any atom is 0.310 e. The monoisotopic (exact) mass is 186 g/mol. The molecule has 0 radical (unpaired) electrons. The van der Waals surface area contributed by atoms with Crippen molar-refractivity contribution in [1.82, 2.24) is 0 Å². The summed E-state index contributed by atoms with van der Waals surface area (Å²) in [7, 11) is 0. The minimum absolute atomic E-state index is 0.631. The molecule has 0 bridgehead atoms. The Kier molecular flexibility index (Phi) is 2.38. The molecule has 6 heteroatoms. The lowest BCUT2D eigenvalue weighted by Gasteiger charge is -2.15. The number of ether oxygens (including phenoxy) is 1. The van der Waals surface area contributed by atoms with Gasteiger partial charge in [-0.15, -0.1) is 12.6 Å². The second-order valence-corrected chi connectivity index (χ2v) is 2.80. The average molecular weight is 186 g/mol. The number of hydrogen-bond acceptors (Lipinski definition) is 4. The standard InChI is InChI=1S/C5H8F2O3S/c6-5(7)3(9)2(1-8)10-4(5)11/h2-4,8-9,11H,1H2/t2-,3?,4+/m1/s1. The molecule has 0 spiro atoms. The zero-order chi connectivity index (χ0) is 8.65. The van der Waals surface area contributed by atoms with Crippen LogP contribution in [0.5, 0.6) is 0 Å². The Morgan fingerprint density at radius 2 is 2.09 bits per heavy atom. The van der Waals surface area contributed by atoms with Crippen LogP contribution in [0.15, 0.2) is 0 Å². The van der Waals surface area contributed by atoms with E-state index >= 15 is 0 Å². The number of thiol groups is 1. The number of alkyl halides is 2. The van der Waals surface area contributed by atoms with E-state index in [9.17, 15) is 8.78 Å². The van der Waals surface area contributed by atoms with Gasteiger partial charge in [0.2, 0.25) is 0 Å². The summed E-state index contributed by atoms with van der Waals surface area (Å²) < 4.78 is 29.7. The maximum absolute atomic E-state index is 12.6. The predicted molar refractivity (Wildman–Crippen MR) is 35.7 cm³/mol. The second-order valence-electron chi connectivity index (χ2n) is 2.33. The molecule has 1 aliphatic rings. The number of hydrogen-bond donors (Lipinski definition) is 3. The molecule has 1 rings (SSSR count). The third kappa shape index (κ3) is 1.35. The molecule has 0 aromatic rings. The molecule has 3 atom stereocenters. The number of aliphatic hydroxyl groups is 2. The summed E-state index contributed by atoms with van der Waals surface area (Å²) in [5.41, 5.74) is -1.63. The SMILES string of the molecule is OC[C@H]1O[C@@H](S)C(F)(F)C1O. The van der Waals surface area contributed by atoms with Gasteiger partial charge in [0.05, 0.1) is 6.61 Å². The van der Waals surface area contributed by atoms with Crippen molar-refractivity contribution in [2.45, 2.75) is 23.6 Å². The quantitative estimate of drug-likeness (QED) is 0.490. The fourth-order valence-electron chi connectivity index (χ4n) is 0.868. The van der Waals surface area contributed by atoms with Gasteiger partial charge in [-0.1, -0.05) is 0 Å². The summed E-state index contributed by atoms with van der Waals surface area (Å²) in [5, 5.41) is 17.2. The zero-order valence-corrected chi connectivity index (χ0v) is 6.34. The average Bonchev–Trinajstić information content (AvgIpc) is 2.14. The normalized spacial score (nSPS) is 42.8. The minimum Gasteiger partial charge on any atom is -0.394 e. The molecule has 0 aromatic carbocycles. The molecule has 1 unspecified atom stereocenters. The molecule has 3 nitrogen and oxygen atoms in total. The van der Waals surface area contributed by atoms with Crippen LogP contribution in [0.25, 0.3) is 0 Å². The second kappa shape index (κ2) is 2.85. The Labute approximate surface area is 67.4 Å². The highest BCUT2D eigenvalue weighted by Crippen LogP contribution is 2.37. The van der Waals surface area contributed by atoms with Gasteiger partial charge in [0.1, 0.15) is 12.2 Å². The van der Waals surface area contributed by atoms with Crippen molar-refractivity contribution in [3.05, 3.63) is 0 Å². The van der Waals surface area contributed by atoms with Gasteiger partial charge in [-0.3, -0.25) is 0 Å². The van der Waals surface area contributed by atoms with Crippen molar-refractivity contribution in [2.75, 3.05) is 6.61 Å². The Balaban J connectivity index is 2.71. The van der Waals surface area contributed by atoms with Crippen LogP contribution in [0.4, 0.5) is 8.78 Å². The fraction of sp³-hybridized carbons (Fsp3) is 1.00. The maximum atomic E-state index is 12.6. The fourth-order valence-corrected chi connectivity index (χ4v) is 1.18. The summed E-state index contributed by atoms with van der Waals surface area (Å²) in [5.74, 6) is -3.38. The molecular formula is C5H8F2O3S. The molecular weight excluding hydrogens is 178 g/mol. The molecule has 0 saturated carbocycles. The molecule has 0 aromatic heterocycles. The predicted octanol–water partition coefficient (Wildman–Crippen LogP) is -0.370. The molecule has 1 saturated heterocycles. The van der Waals surface area contributed by atoms with Gasteiger partial charge in [0.25, 0.3) is 0 Å². The van der Waals surface area contributed by atoms with Gasteiger partial charge < -0.3 is 14.9 Å². The van der Waals surface area contributed by atoms with E-state index in [1.165, 1.54) is 0 Å². The van der Waals surface area contributed by atoms with Crippen LogP contribution in [0.2, 0.25) is 0 Å². The van der Waals surface area contributed by atoms with Gasteiger partial charge >= 0.3 is 5.92 Å². The Hall–Kier alpha value is 0.0900. The van der Waals surface area contributed by atoms with E-state index in [-0.39, 0.29) is 0 Å². The molecule has 1 fully saturated rings. The van der Waals surface area contributed by atoms with Crippen LogP contribution in [0.1, 0.15) is 0 Å². The lowest BCUT2D eigenvalue weighted by Crippen LogP contribution is -2.39. The summed E-state index contributed by atoms with van der Waals surface area (Å²) in [6.45, 7) is -0.631. The third-order valence-electron chi connectivity index (χ3n) is 1.56. The first-order valence-corrected chi connectivity index (χ1v) is 3.52. The Morgan fingerprint density at radius 1 is 1.55 bits per heavy atom. The first-order chi connectivity index (χ1) is 5.00. The van der Waals surface area contributed by atoms with Crippen molar-refractivity contribution < 1.29 is 23.7 Å². The Morgan fingerprint density at radius 3 is 2.27 bits per heavy atom. The van der Waals surface area contributed by atoms with Crippen molar-refractivity contribution >= 4 is 12.6 Å². The van der Waals surface area contributed by atoms with Gasteiger partial charge in [-0.25, -0.2) is 0 Å². The molecule has 0 amide bonds. The van der Waals surface area contributed by atoms with Crippen molar-refractivity contribution in [1.29, 1.82) is 0 Å². The molecule has 1 heterocycles. The van der Waals surface area contributed by atoms with Crippen LogP contribution < -0.4 is 0 Å². The lowest BCUT2D eigenvalue weighted by molar-refractivity contribution is -0.0898. The molecule has 2 N–H and O–H groups in total. The van der Waals surface area contributed by atoms with E-state index in [4.69, 9.17) is 10.2 Å². The number of aliphatic hydroxyl groups excluding tert-OH is 2. The van der Waals surface area contributed by atoms with Crippen LogP contribution in [0, 0.1) is 0 Å². The van der Waals surface area contributed by atoms with Gasteiger partial charge in [-0.2, -0.15) is 8.78 Å². The number of halogens is 2. The summed E-state index contributed by atoms with van der Waals surface area (Å²) in [6.07, 6.45) is -3.19. The highest BCUT2D eigenvalue weighted by Gasteiger charge is 2.56. The summed E-state index contributed by atoms with van der Waals surface area (Å²) >= 11 is 3.40. The van der Waals surface area contributed by atoms with E-state index in [1.54, 1.807) is 0 Å². The van der Waals surface area contributed by atoms with Crippen molar-refractivity contribution in [3.8, 4) is 0 Å². The lowest BCUT2D eigenvalue weighted by atomic mass is 10.1.